The van der Waals surface area contributed by atoms with Crippen molar-refractivity contribution in [1.29, 1.82) is 0 Å². The summed E-state index contributed by atoms with van der Waals surface area (Å²) in [5.74, 6) is 0.213. The van der Waals surface area contributed by atoms with Gasteiger partial charge in [0, 0.05) is 35.9 Å². The summed E-state index contributed by atoms with van der Waals surface area (Å²) >= 11 is 5.63. The molecule has 15 heavy (non-hydrogen) atoms. The van der Waals surface area contributed by atoms with Gasteiger partial charge in [0.2, 0.25) is 0 Å². The van der Waals surface area contributed by atoms with Crippen LogP contribution in [-0.4, -0.2) is 22.8 Å². The molecule has 0 fully saturated rings. The molecule has 0 aliphatic carbocycles. The van der Waals surface area contributed by atoms with Gasteiger partial charge in [0.1, 0.15) is 5.82 Å². The summed E-state index contributed by atoms with van der Waals surface area (Å²) in [5.41, 5.74) is 0.920. The van der Waals surface area contributed by atoms with Gasteiger partial charge in [-0.25, -0.2) is 4.39 Å². The quantitative estimate of drug-likeness (QED) is 0.809. The third kappa shape index (κ3) is 4.73. The third-order valence-electron chi connectivity index (χ3n) is 1.88. The summed E-state index contributed by atoms with van der Waals surface area (Å²) in [6.07, 6.45) is 1.66. The molecule has 0 aliphatic rings. The Hall–Kier alpha value is -0.450. The van der Waals surface area contributed by atoms with Gasteiger partial charge in [0.25, 0.3) is 0 Å². The Bertz CT molecular complexity index is 359. The Labute approximate surface area is 96.3 Å². The summed E-state index contributed by atoms with van der Waals surface area (Å²) in [7, 11) is -0.780. The van der Waals surface area contributed by atoms with Gasteiger partial charge in [-0.1, -0.05) is 17.7 Å². The summed E-state index contributed by atoms with van der Waals surface area (Å²) in [6, 6.07) is 4.61. The van der Waals surface area contributed by atoms with Crippen molar-refractivity contribution in [1.82, 2.24) is 5.32 Å². The van der Waals surface area contributed by atoms with Crippen molar-refractivity contribution < 1.29 is 8.60 Å². The first-order chi connectivity index (χ1) is 7.09. The molecule has 1 aromatic carbocycles. The molecular formula is C10H13ClFNOS. The van der Waals surface area contributed by atoms with Crippen LogP contribution in [0.5, 0.6) is 0 Å². The summed E-state index contributed by atoms with van der Waals surface area (Å²) < 4.78 is 23.6. The SMILES string of the molecule is CS(=O)CCNCc1ccc(F)c(Cl)c1. The van der Waals surface area contributed by atoms with E-state index in [1.54, 1.807) is 18.4 Å². The Morgan fingerprint density at radius 2 is 2.27 bits per heavy atom. The molecular weight excluding hydrogens is 237 g/mol. The number of rotatable bonds is 5. The number of halogens is 2. The molecule has 0 saturated heterocycles. The number of benzene rings is 1. The van der Waals surface area contributed by atoms with Gasteiger partial charge in [-0.15, -0.1) is 0 Å². The van der Waals surface area contributed by atoms with Gasteiger partial charge in [-0.05, 0) is 17.7 Å². The fraction of sp³-hybridized carbons (Fsp3) is 0.400. The molecule has 0 spiro atoms. The first kappa shape index (κ1) is 12.6. The van der Waals surface area contributed by atoms with Crippen LogP contribution >= 0.6 is 11.6 Å². The van der Waals surface area contributed by atoms with Crippen LogP contribution in [0.3, 0.4) is 0 Å². The first-order valence-corrected chi connectivity index (χ1v) is 6.65. The molecule has 1 unspecified atom stereocenters. The molecule has 1 rings (SSSR count). The monoisotopic (exact) mass is 249 g/mol. The molecule has 0 heterocycles. The molecule has 0 bridgehead atoms. The van der Waals surface area contributed by atoms with Gasteiger partial charge in [-0.3, -0.25) is 4.21 Å². The minimum absolute atomic E-state index is 0.133. The molecule has 84 valence electrons. The van der Waals surface area contributed by atoms with Crippen LogP contribution < -0.4 is 5.32 Å². The van der Waals surface area contributed by atoms with Crippen LogP contribution in [0.4, 0.5) is 4.39 Å². The standard InChI is InChI=1S/C10H13ClFNOS/c1-15(14)5-4-13-7-8-2-3-10(12)9(11)6-8/h2-3,6,13H,4-5,7H2,1H3. The minimum Gasteiger partial charge on any atom is -0.312 e. The van der Waals surface area contributed by atoms with Crippen LogP contribution in [0.25, 0.3) is 0 Å². The average molecular weight is 250 g/mol. The zero-order chi connectivity index (χ0) is 11.3. The van der Waals surface area contributed by atoms with Crippen LogP contribution in [0.15, 0.2) is 18.2 Å². The molecule has 0 amide bonds. The number of hydrogen-bond donors (Lipinski definition) is 1. The highest BCUT2D eigenvalue weighted by atomic mass is 35.5. The fourth-order valence-corrected chi connectivity index (χ4v) is 1.73. The molecule has 1 N–H and O–H groups in total. The Morgan fingerprint density at radius 1 is 1.53 bits per heavy atom. The largest absolute Gasteiger partial charge is 0.312 e. The molecule has 0 radical (unpaired) electrons. The van der Waals surface area contributed by atoms with Crippen LogP contribution in [0, 0.1) is 5.82 Å². The molecule has 1 aromatic rings. The molecule has 0 saturated carbocycles. The molecule has 0 aromatic heterocycles. The normalized spacial score (nSPS) is 12.7. The van der Waals surface area contributed by atoms with Crippen LogP contribution in [-0.2, 0) is 17.3 Å². The smallest absolute Gasteiger partial charge is 0.141 e. The lowest BCUT2D eigenvalue weighted by Gasteiger charge is -2.04. The van der Waals surface area contributed by atoms with Gasteiger partial charge < -0.3 is 5.32 Å². The van der Waals surface area contributed by atoms with Gasteiger partial charge in [-0.2, -0.15) is 0 Å². The maximum Gasteiger partial charge on any atom is 0.141 e. The maximum atomic E-state index is 12.8. The van der Waals surface area contributed by atoms with E-state index in [-0.39, 0.29) is 5.02 Å². The van der Waals surface area contributed by atoms with E-state index in [4.69, 9.17) is 11.6 Å². The van der Waals surface area contributed by atoms with Crippen molar-refractivity contribution in [3.8, 4) is 0 Å². The molecule has 2 nitrogen and oxygen atoms in total. The van der Waals surface area contributed by atoms with Crippen molar-refractivity contribution in [2.75, 3.05) is 18.6 Å². The summed E-state index contributed by atoms with van der Waals surface area (Å²) in [5, 5.41) is 3.24. The van der Waals surface area contributed by atoms with E-state index < -0.39 is 16.6 Å². The summed E-state index contributed by atoms with van der Waals surface area (Å²) in [4.78, 5) is 0. The third-order valence-corrected chi connectivity index (χ3v) is 2.95. The van der Waals surface area contributed by atoms with Crippen LogP contribution in [0.2, 0.25) is 5.02 Å². The average Bonchev–Trinajstić information content (AvgIpc) is 2.18. The molecule has 1 atom stereocenters. The lowest BCUT2D eigenvalue weighted by Crippen LogP contribution is -2.19. The van der Waals surface area contributed by atoms with Gasteiger partial charge >= 0.3 is 0 Å². The van der Waals surface area contributed by atoms with Gasteiger partial charge in [0.05, 0.1) is 5.02 Å². The predicted octanol–water partition coefficient (Wildman–Crippen LogP) is 1.95. The highest BCUT2D eigenvalue weighted by Crippen LogP contribution is 2.15. The van der Waals surface area contributed by atoms with Crippen LogP contribution in [0.1, 0.15) is 5.56 Å². The van der Waals surface area contributed by atoms with Crippen molar-refractivity contribution in [2.45, 2.75) is 6.54 Å². The lowest BCUT2D eigenvalue weighted by atomic mass is 10.2. The molecule has 5 heteroatoms. The lowest BCUT2D eigenvalue weighted by molar-refractivity contribution is 0.626. The zero-order valence-corrected chi connectivity index (χ0v) is 10.00. The van der Waals surface area contributed by atoms with Crippen molar-refractivity contribution in [2.24, 2.45) is 0 Å². The number of hydrogen-bond acceptors (Lipinski definition) is 2. The predicted molar refractivity (Wildman–Crippen MR) is 62.1 cm³/mol. The zero-order valence-electron chi connectivity index (χ0n) is 8.43. The highest BCUT2D eigenvalue weighted by Gasteiger charge is 2.00. The highest BCUT2D eigenvalue weighted by molar-refractivity contribution is 7.84. The first-order valence-electron chi connectivity index (χ1n) is 4.54. The van der Waals surface area contributed by atoms with Crippen molar-refractivity contribution in [3.05, 3.63) is 34.6 Å². The number of nitrogens with one attached hydrogen (secondary N) is 1. The second-order valence-electron chi connectivity index (χ2n) is 3.20. The Morgan fingerprint density at radius 3 is 2.87 bits per heavy atom. The fourth-order valence-electron chi connectivity index (χ4n) is 1.10. The maximum absolute atomic E-state index is 12.8. The molecule has 0 aliphatic heterocycles. The van der Waals surface area contributed by atoms with E-state index >= 15 is 0 Å². The minimum atomic E-state index is -0.780. The van der Waals surface area contributed by atoms with E-state index in [1.807, 2.05) is 0 Å². The van der Waals surface area contributed by atoms with E-state index in [2.05, 4.69) is 5.32 Å². The van der Waals surface area contributed by atoms with E-state index in [1.165, 1.54) is 6.07 Å². The second-order valence-corrected chi connectivity index (χ2v) is 5.16. The van der Waals surface area contributed by atoms with E-state index in [0.29, 0.717) is 18.8 Å². The summed E-state index contributed by atoms with van der Waals surface area (Å²) in [6.45, 7) is 1.29. The van der Waals surface area contributed by atoms with Crippen molar-refractivity contribution >= 4 is 22.4 Å². The van der Waals surface area contributed by atoms with E-state index in [0.717, 1.165) is 5.56 Å². The Balaban J connectivity index is 2.38. The van der Waals surface area contributed by atoms with E-state index in [9.17, 15) is 8.60 Å². The topological polar surface area (TPSA) is 29.1 Å². The second kappa shape index (κ2) is 6.20. The van der Waals surface area contributed by atoms with Crippen molar-refractivity contribution in [3.63, 3.8) is 0 Å². The van der Waals surface area contributed by atoms with Gasteiger partial charge in [0.15, 0.2) is 0 Å². The Kier molecular flexibility index (Phi) is 5.22.